The van der Waals surface area contributed by atoms with Gasteiger partial charge in [-0.3, -0.25) is 0 Å². The molecule has 0 aromatic carbocycles. The molecule has 5 nitrogen and oxygen atoms in total. The number of ether oxygens (including phenoxy) is 1. The maximum Gasteiger partial charge on any atom is 0.418 e. The predicted molar refractivity (Wildman–Crippen MR) is 105 cm³/mol. The molecule has 0 radical (unpaired) electrons. The molecule has 10 heteroatoms. The first-order valence-corrected chi connectivity index (χ1v) is 13.1. The number of hydrogen-bond donors (Lipinski definition) is 1. The Hall–Kier alpha value is -1.32. The van der Waals surface area contributed by atoms with Crippen LogP contribution in [0.4, 0.5) is 19.0 Å². The summed E-state index contributed by atoms with van der Waals surface area (Å²) in [5.41, 5.74) is -0.670. The van der Waals surface area contributed by atoms with Crippen molar-refractivity contribution in [3.63, 3.8) is 0 Å². The quantitative estimate of drug-likeness (QED) is 0.323. The Morgan fingerprint density at radius 1 is 1.26 bits per heavy atom. The van der Waals surface area contributed by atoms with Gasteiger partial charge in [-0.15, -0.1) is 0 Å². The number of hydrogen-bond acceptors (Lipinski definition) is 4. The number of aromatic nitrogens is 3. The van der Waals surface area contributed by atoms with Crippen molar-refractivity contribution in [1.29, 1.82) is 0 Å². The average molecular weight is 423 g/mol. The molecule has 0 bridgehead atoms. The summed E-state index contributed by atoms with van der Waals surface area (Å²) in [6.07, 6.45) is -1.78. The second kappa shape index (κ2) is 8.79. The highest BCUT2D eigenvalue weighted by molar-refractivity contribution is 6.76. The maximum absolute atomic E-state index is 13.6. The largest absolute Gasteiger partial charge is 0.418 e. The minimum atomic E-state index is -4.53. The number of nitrogens with one attached hydrogen (secondary N) is 1. The first-order chi connectivity index (χ1) is 12.5. The van der Waals surface area contributed by atoms with E-state index in [1.807, 2.05) is 6.92 Å². The zero-order chi connectivity index (χ0) is 20.2. The summed E-state index contributed by atoms with van der Waals surface area (Å²) >= 11 is 5.96. The molecule has 0 aliphatic rings. The van der Waals surface area contributed by atoms with Crippen LogP contribution in [0.2, 0.25) is 31.0 Å². The second-order valence-electron chi connectivity index (χ2n) is 7.68. The van der Waals surface area contributed by atoms with E-state index in [9.17, 15) is 13.2 Å². The molecule has 0 aliphatic heterocycles. The number of alkyl halides is 3. The summed E-state index contributed by atoms with van der Waals surface area (Å²) < 4.78 is 47.7. The first kappa shape index (κ1) is 22.0. The molecule has 0 unspecified atom stereocenters. The molecule has 2 aromatic heterocycles. The van der Waals surface area contributed by atoms with Gasteiger partial charge in [-0.1, -0.05) is 33.0 Å². The summed E-state index contributed by atoms with van der Waals surface area (Å²) in [5, 5.41) is 2.79. The van der Waals surface area contributed by atoms with E-state index < -0.39 is 19.8 Å². The van der Waals surface area contributed by atoms with Crippen molar-refractivity contribution >= 4 is 36.5 Å². The standard InChI is InChI=1S/C17H26ClF3N4OSi/c1-5-6-7-22-14-13-12(17(19,20)21)10-25(15(13)24-16(18)23-14)11-26-8-9-27(2,3)4/h10H,5-9,11H2,1-4H3,(H,22,23,24). The summed E-state index contributed by atoms with van der Waals surface area (Å²) in [4.78, 5) is 8.02. The summed E-state index contributed by atoms with van der Waals surface area (Å²) in [6.45, 7) is 9.63. The van der Waals surface area contributed by atoms with Gasteiger partial charge in [-0.05, 0) is 24.1 Å². The van der Waals surface area contributed by atoms with Gasteiger partial charge in [0.15, 0.2) is 0 Å². The lowest BCUT2D eigenvalue weighted by Crippen LogP contribution is -2.22. The Bertz CT molecular complexity index is 774. The van der Waals surface area contributed by atoms with E-state index in [0.717, 1.165) is 25.1 Å². The summed E-state index contributed by atoms with van der Waals surface area (Å²) in [5.74, 6) is 0.103. The molecule has 1 N–H and O–H groups in total. The van der Waals surface area contributed by atoms with Gasteiger partial charge in [0.2, 0.25) is 5.28 Å². The van der Waals surface area contributed by atoms with Crippen LogP contribution in [-0.4, -0.2) is 35.8 Å². The number of anilines is 1. The third kappa shape index (κ3) is 6.08. The second-order valence-corrected chi connectivity index (χ2v) is 13.6. The molecule has 0 spiro atoms. The van der Waals surface area contributed by atoms with E-state index in [2.05, 4.69) is 34.9 Å². The van der Waals surface area contributed by atoms with Crippen LogP contribution in [0.3, 0.4) is 0 Å². The van der Waals surface area contributed by atoms with Crippen molar-refractivity contribution < 1.29 is 17.9 Å². The third-order valence-electron chi connectivity index (χ3n) is 4.04. The number of halogens is 4. The Kier molecular flexibility index (Phi) is 7.15. The maximum atomic E-state index is 13.6. The van der Waals surface area contributed by atoms with E-state index in [1.54, 1.807) is 0 Å². The Morgan fingerprint density at radius 2 is 1.96 bits per heavy atom. The van der Waals surface area contributed by atoms with E-state index in [0.29, 0.717) is 13.2 Å². The molecule has 0 saturated carbocycles. The van der Waals surface area contributed by atoms with Gasteiger partial charge < -0.3 is 14.6 Å². The fraction of sp³-hybridized carbons (Fsp3) is 0.647. The van der Waals surface area contributed by atoms with Crippen molar-refractivity contribution in [3.8, 4) is 0 Å². The van der Waals surface area contributed by atoms with Crippen molar-refractivity contribution in [2.75, 3.05) is 18.5 Å². The minimum Gasteiger partial charge on any atom is -0.369 e. The summed E-state index contributed by atoms with van der Waals surface area (Å²) in [7, 11) is -1.28. The fourth-order valence-electron chi connectivity index (χ4n) is 2.53. The van der Waals surface area contributed by atoms with Crippen LogP contribution in [0.1, 0.15) is 25.3 Å². The molecular formula is C17H26ClF3N4OSi. The van der Waals surface area contributed by atoms with Crippen LogP contribution in [0.25, 0.3) is 11.0 Å². The molecular weight excluding hydrogens is 397 g/mol. The molecule has 0 atom stereocenters. The zero-order valence-corrected chi connectivity index (χ0v) is 17.8. The Morgan fingerprint density at radius 3 is 2.56 bits per heavy atom. The molecule has 2 rings (SSSR count). The SMILES string of the molecule is CCCCNc1nc(Cl)nc2c1c(C(F)(F)F)cn2COCC[Si](C)(C)C. The van der Waals surface area contributed by atoms with Gasteiger partial charge in [0.05, 0.1) is 10.9 Å². The number of rotatable bonds is 9. The molecule has 2 heterocycles. The highest BCUT2D eigenvalue weighted by Crippen LogP contribution is 2.39. The lowest BCUT2D eigenvalue weighted by molar-refractivity contribution is -0.136. The lowest BCUT2D eigenvalue weighted by Gasteiger charge is -2.15. The third-order valence-corrected chi connectivity index (χ3v) is 5.92. The van der Waals surface area contributed by atoms with Crippen LogP contribution in [0, 0.1) is 0 Å². The summed E-state index contributed by atoms with van der Waals surface area (Å²) in [6, 6.07) is 0.928. The van der Waals surface area contributed by atoms with Crippen LogP contribution in [-0.2, 0) is 17.6 Å². The number of fused-ring (bicyclic) bond motifs is 1. The first-order valence-electron chi connectivity index (χ1n) is 8.98. The average Bonchev–Trinajstić information content (AvgIpc) is 2.90. The van der Waals surface area contributed by atoms with Crippen molar-refractivity contribution in [1.82, 2.24) is 14.5 Å². The van der Waals surface area contributed by atoms with Gasteiger partial charge in [0, 0.05) is 27.4 Å². The van der Waals surface area contributed by atoms with Crippen LogP contribution < -0.4 is 5.32 Å². The lowest BCUT2D eigenvalue weighted by atomic mass is 10.2. The highest BCUT2D eigenvalue weighted by atomic mass is 35.5. The smallest absolute Gasteiger partial charge is 0.369 e. The molecule has 0 aliphatic carbocycles. The van der Waals surface area contributed by atoms with Crippen molar-refractivity contribution in [3.05, 3.63) is 17.0 Å². The van der Waals surface area contributed by atoms with E-state index >= 15 is 0 Å². The van der Waals surface area contributed by atoms with E-state index in [1.165, 1.54) is 4.57 Å². The molecule has 2 aromatic rings. The molecule has 0 fully saturated rings. The normalized spacial score (nSPS) is 12.7. The topological polar surface area (TPSA) is 52.0 Å². The van der Waals surface area contributed by atoms with Crippen molar-refractivity contribution in [2.24, 2.45) is 0 Å². The minimum absolute atomic E-state index is 0.0151. The molecule has 0 saturated heterocycles. The molecule has 152 valence electrons. The van der Waals surface area contributed by atoms with Crippen LogP contribution in [0.15, 0.2) is 6.20 Å². The van der Waals surface area contributed by atoms with E-state index in [4.69, 9.17) is 16.3 Å². The Balaban J connectivity index is 2.37. The highest BCUT2D eigenvalue weighted by Gasteiger charge is 2.36. The predicted octanol–water partition coefficient (Wildman–Crippen LogP) is 5.63. The van der Waals surface area contributed by atoms with Gasteiger partial charge in [0.25, 0.3) is 0 Å². The Labute approximate surface area is 163 Å². The number of unbranched alkanes of at least 4 members (excludes halogenated alkanes) is 1. The molecule has 0 amide bonds. The van der Waals surface area contributed by atoms with Crippen LogP contribution >= 0.6 is 11.6 Å². The van der Waals surface area contributed by atoms with Gasteiger partial charge in [0.1, 0.15) is 18.2 Å². The van der Waals surface area contributed by atoms with Crippen LogP contribution in [0.5, 0.6) is 0 Å². The molecule has 27 heavy (non-hydrogen) atoms. The van der Waals surface area contributed by atoms with Gasteiger partial charge >= 0.3 is 6.18 Å². The van der Waals surface area contributed by atoms with E-state index in [-0.39, 0.29) is 28.9 Å². The monoisotopic (exact) mass is 422 g/mol. The van der Waals surface area contributed by atoms with Gasteiger partial charge in [-0.2, -0.15) is 18.2 Å². The van der Waals surface area contributed by atoms with Crippen molar-refractivity contribution in [2.45, 2.75) is 58.4 Å². The van der Waals surface area contributed by atoms with Gasteiger partial charge in [-0.25, -0.2) is 4.98 Å². The number of nitrogens with zero attached hydrogens (tertiary/aromatic N) is 3. The fourth-order valence-corrected chi connectivity index (χ4v) is 3.45. The zero-order valence-electron chi connectivity index (χ0n) is 16.1.